The molecule has 2 aromatic rings. The minimum atomic E-state index is -0.307. The summed E-state index contributed by atoms with van der Waals surface area (Å²) in [6.45, 7) is 1.94. The van der Waals surface area contributed by atoms with Gasteiger partial charge in [0.15, 0.2) is 0 Å². The predicted molar refractivity (Wildman–Crippen MR) is 87.6 cm³/mol. The maximum Gasteiger partial charge on any atom is 0.251 e. The smallest absolute Gasteiger partial charge is 0.251 e. The molecule has 0 bridgehead atoms. The highest BCUT2D eigenvalue weighted by molar-refractivity contribution is 5.99. The second-order valence-corrected chi connectivity index (χ2v) is 4.86. The molecule has 4 N–H and O–H groups in total. The molecule has 114 valence electrons. The summed E-state index contributed by atoms with van der Waals surface area (Å²) in [5.74, 6) is -0.566. The number of nitrogen functional groups attached to an aromatic ring is 1. The number of para-hydroxylation sites is 1. The lowest BCUT2D eigenvalue weighted by atomic mass is 10.1. The Hall–Kier alpha value is -2.82. The van der Waals surface area contributed by atoms with Crippen molar-refractivity contribution in [1.29, 1.82) is 0 Å². The van der Waals surface area contributed by atoms with Crippen LogP contribution in [0.25, 0.3) is 0 Å². The van der Waals surface area contributed by atoms with Crippen LogP contribution >= 0.6 is 0 Å². The van der Waals surface area contributed by atoms with Crippen molar-refractivity contribution in [2.24, 2.45) is 0 Å². The molecule has 2 rings (SSSR count). The van der Waals surface area contributed by atoms with Gasteiger partial charge >= 0.3 is 0 Å². The molecule has 0 unspecified atom stereocenters. The molecule has 2 amide bonds. The molecule has 0 aliphatic rings. The zero-order chi connectivity index (χ0) is 15.9. The molecule has 0 aromatic heterocycles. The van der Waals surface area contributed by atoms with Crippen LogP contribution in [-0.4, -0.2) is 18.4 Å². The number of nitrogens with two attached hydrogens (primary N) is 1. The van der Waals surface area contributed by atoms with Gasteiger partial charge in [0.2, 0.25) is 5.91 Å². The molecule has 0 radical (unpaired) electrons. The van der Waals surface area contributed by atoms with Gasteiger partial charge in [0.25, 0.3) is 5.91 Å². The van der Waals surface area contributed by atoms with E-state index in [1.165, 1.54) is 0 Å². The van der Waals surface area contributed by atoms with Crippen LogP contribution in [0.4, 0.5) is 11.4 Å². The third-order valence-electron chi connectivity index (χ3n) is 3.25. The SMILES string of the molecule is CCc1ccccc1NC(=O)CNC(=O)c1ccc(N)cc1. The van der Waals surface area contributed by atoms with Crippen LogP contribution in [0.3, 0.4) is 0 Å². The minimum Gasteiger partial charge on any atom is -0.399 e. The topological polar surface area (TPSA) is 84.2 Å². The summed E-state index contributed by atoms with van der Waals surface area (Å²) in [5, 5.41) is 5.39. The fourth-order valence-electron chi connectivity index (χ4n) is 2.04. The molecule has 0 atom stereocenters. The van der Waals surface area contributed by atoms with E-state index in [0.717, 1.165) is 17.7 Å². The van der Waals surface area contributed by atoms with E-state index in [-0.39, 0.29) is 18.4 Å². The first-order valence-electron chi connectivity index (χ1n) is 7.11. The Morgan fingerprint density at radius 1 is 1.05 bits per heavy atom. The second-order valence-electron chi connectivity index (χ2n) is 4.86. The Morgan fingerprint density at radius 3 is 2.41 bits per heavy atom. The average Bonchev–Trinajstić information content (AvgIpc) is 2.54. The number of rotatable bonds is 5. The summed E-state index contributed by atoms with van der Waals surface area (Å²) in [6, 6.07) is 14.1. The second kappa shape index (κ2) is 7.26. The number of anilines is 2. The molecule has 5 heteroatoms. The summed E-state index contributed by atoms with van der Waals surface area (Å²) in [7, 11) is 0. The van der Waals surface area contributed by atoms with Gasteiger partial charge in [0.1, 0.15) is 0 Å². The van der Waals surface area contributed by atoms with E-state index in [9.17, 15) is 9.59 Å². The Labute approximate surface area is 129 Å². The number of hydrogen-bond donors (Lipinski definition) is 3. The van der Waals surface area contributed by atoms with E-state index in [1.54, 1.807) is 24.3 Å². The van der Waals surface area contributed by atoms with E-state index in [1.807, 2.05) is 31.2 Å². The number of hydrogen-bond acceptors (Lipinski definition) is 3. The van der Waals surface area contributed by atoms with Crippen LogP contribution in [0.5, 0.6) is 0 Å². The van der Waals surface area contributed by atoms with Gasteiger partial charge in [-0.1, -0.05) is 25.1 Å². The Kier molecular flexibility index (Phi) is 5.14. The fraction of sp³-hybridized carbons (Fsp3) is 0.176. The highest BCUT2D eigenvalue weighted by atomic mass is 16.2. The summed E-state index contributed by atoms with van der Waals surface area (Å²) >= 11 is 0. The Morgan fingerprint density at radius 2 is 1.73 bits per heavy atom. The van der Waals surface area contributed by atoms with Gasteiger partial charge < -0.3 is 16.4 Å². The van der Waals surface area contributed by atoms with Crippen LogP contribution in [0, 0.1) is 0 Å². The molecule has 22 heavy (non-hydrogen) atoms. The molecule has 2 aromatic carbocycles. The highest BCUT2D eigenvalue weighted by Crippen LogP contribution is 2.15. The normalized spacial score (nSPS) is 10.0. The van der Waals surface area contributed by atoms with Crippen molar-refractivity contribution in [2.75, 3.05) is 17.6 Å². The van der Waals surface area contributed by atoms with Gasteiger partial charge in [-0.15, -0.1) is 0 Å². The molecule has 0 fully saturated rings. The molecule has 0 spiro atoms. The largest absolute Gasteiger partial charge is 0.399 e. The molecular weight excluding hydrogens is 278 g/mol. The van der Waals surface area contributed by atoms with Gasteiger partial charge in [-0.3, -0.25) is 9.59 Å². The number of benzene rings is 2. The van der Waals surface area contributed by atoms with Crippen molar-refractivity contribution in [3.8, 4) is 0 Å². The number of carbonyl (C=O) groups is 2. The molecule has 0 aliphatic carbocycles. The van der Waals surface area contributed by atoms with Crippen molar-refractivity contribution < 1.29 is 9.59 Å². The van der Waals surface area contributed by atoms with Crippen molar-refractivity contribution >= 4 is 23.2 Å². The van der Waals surface area contributed by atoms with Gasteiger partial charge in [-0.2, -0.15) is 0 Å². The van der Waals surface area contributed by atoms with Crippen LogP contribution < -0.4 is 16.4 Å². The fourth-order valence-corrected chi connectivity index (χ4v) is 2.04. The first kappa shape index (κ1) is 15.6. The monoisotopic (exact) mass is 297 g/mol. The number of carbonyl (C=O) groups excluding carboxylic acids is 2. The van der Waals surface area contributed by atoms with Crippen LogP contribution in [0.15, 0.2) is 48.5 Å². The zero-order valence-electron chi connectivity index (χ0n) is 12.4. The van der Waals surface area contributed by atoms with Crippen LogP contribution in [-0.2, 0) is 11.2 Å². The molecular formula is C17H19N3O2. The summed E-state index contributed by atoms with van der Waals surface area (Å²) < 4.78 is 0. The van der Waals surface area contributed by atoms with E-state index in [4.69, 9.17) is 5.73 Å². The highest BCUT2D eigenvalue weighted by Gasteiger charge is 2.09. The van der Waals surface area contributed by atoms with Crippen LogP contribution in [0.1, 0.15) is 22.8 Å². The molecule has 0 saturated heterocycles. The molecule has 5 nitrogen and oxygen atoms in total. The van der Waals surface area contributed by atoms with Gasteiger partial charge in [0, 0.05) is 16.9 Å². The Balaban J connectivity index is 1.90. The predicted octanol–water partition coefficient (Wildman–Crippen LogP) is 2.20. The lowest BCUT2D eigenvalue weighted by Gasteiger charge is -2.10. The van der Waals surface area contributed by atoms with Gasteiger partial charge in [0.05, 0.1) is 6.54 Å². The standard InChI is InChI=1S/C17H19N3O2/c1-2-12-5-3-4-6-15(12)20-16(21)11-19-17(22)13-7-9-14(18)10-8-13/h3-10H,2,11,18H2,1H3,(H,19,22)(H,20,21). The first-order valence-corrected chi connectivity index (χ1v) is 7.11. The average molecular weight is 297 g/mol. The Bertz CT molecular complexity index is 666. The van der Waals surface area contributed by atoms with Crippen molar-refractivity contribution in [3.63, 3.8) is 0 Å². The van der Waals surface area contributed by atoms with E-state index in [2.05, 4.69) is 10.6 Å². The molecule has 0 aliphatic heterocycles. The summed E-state index contributed by atoms with van der Waals surface area (Å²) in [6.07, 6.45) is 0.828. The lowest BCUT2D eigenvalue weighted by molar-refractivity contribution is -0.115. The number of aryl methyl sites for hydroxylation is 1. The molecule has 0 heterocycles. The third-order valence-corrected chi connectivity index (χ3v) is 3.25. The minimum absolute atomic E-state index is 0.0821. The first-order chi connectivity index (χ1) is 10.6. The lowest BCUT2D eigenvalue weighted by Crippen LogP contribution is -2.33. The van der Waals surface area contributed by atoms with Gasteiger partial charge in [-0.05, 0) is 42.3 Å². The molecule has 0 saturated carbocycles. The number of amides is 2. The summed E-state index contributed by atoms with van der Waals surface area (Å²) in [4.78, 5) is 23.8. The van der Waals surface area contributed by atoms with Crippen molar-refractivity contribution in [3.05, 3.63) is 59.7 Å². The van der Waals surface area contributed by atoms with Crippen molar-refractivity contribution in [1.82, 2.24) is 5.32 Å². The summed E-state index contributed by atoms with van der Waals surface area (Å²) in [5.41, 5.74) is 8.45. The van der Waals surface area contributed by atoms with Crippen LogP contribution in [0.2, 0.25) is 0 Å². The van der Waals surface area contributed by atoms with Crippen molar-refractivity contribution in [2.45, 2.75) is 13.3 Å². The van der Waals surface area contributed by atoms with Gasteiger partial charge in [-0.25, -0.2) is 0 Å². The van der Waals surface area contributed by atoms with E-state index in [0.29, 0.717) is 11.3 Å². The third kappa shape index (κ3) is 4.09. The quantitative estimate of drug-likeness (QED) is 0.740. The zero-order valence-corrected chi connectivity index (χ0v) is 12.4. The van der Waals surface area contributed by atoms with E-state index < -0.39 is 0 Å². The maximum absolute atomic E-state index is 11.9. The number of nitrogens with one attached hydrogen (secondary N) is 2. The van der Waals surface area contributed by atoms with E-state index >= 15 is 0 Å². The maximum atomic E-state index is 11.9.